The zero-order chi connectivity index (χ0) is 24.5. The number of H-pyrrole nitrogens is 1. The molecule has 2 N–H and O–H groups in total. The summed E-state index contributed by atoms with van der Waals surface area (Å²) in [5, 5.41) is 18.4. The molecule has 10 heteroatoms. The molecule has 0 aliphatic carbocycles. The van der Waals surface area contributed by atoms with Gasteiger partial charge in [-0.05, 0) is 19.1 Å². The third kappa shape index (κ3) is 4.04. The average Bonchev–Trinajstić information content (AvgIpc) is 3.31. The van der Waals surface area contributed by atoms with Crippen LogP contribution in [0.1, 0.15) is 15.9 Å². The number of benzene rings is 3. The number of nitrogens with zero attached hydrogens (tertiary/aromatic N) is 4. The van der Waals surface area contributed by atoms with Crippen LogP contribution in [0.5, 0.6) is 0 Å². The monoisotopic (exact) mass is 466 g/mol. The Morgan fingerprint density at radius 3 is 2.43 bits per heavy atom. The van der Waals surface area contributed by atoms with Gasteiger partial charge in [0.1, 0.15) is 11.2 Å². The molecule has 0 bridgehead atoms. The molecule has 35 heavy (non-hydrogen) atoms. The summed E-state index contributed by atoms with van der Waals surface area (Å²) in [4.78, 5) is 41.9. The minimum absolute atomic E-state index is 0.0326. The van der Waals surface area contributed by atoms with Gasteiger partial charge in [0, 0.05) is 28.8 Å². The highest BCUT2D eigenvalue weighted by Gasteiger charge is 2.21. The van der Waals surface area contributed by atoms with E-state index in [1.54, 1.807) is 30.3 Å². The maximum atomic E-state index is 13.5. The molecule has 0 aliphatic heterocycles. The van der Waals surface area contributed by atoms with Gasteiger partial charge in [0.2, 0.25) is 0 Å². The zero-order valence-corrected chi connectivity index (χ0v) is 18.4. The minimum atomic E-state index is -0.605. The molecule has 5 rings (SSSR count). The van der Waals surface area contributed by atoms with E-state index in [9.17, 15) is 19.7 Å². The number of aryl methyl sites for hydroxylation is 1. The third-order valence-corrected chi connectivity index (χ3v) is 5.48. The summed E-state index contributed by atoms with van der Waals surface area (Å²) < 4.78 is 0.983. The summed E-state index contributed by atoms with van der Waals surface area (Å²) in [6.45, 7) is 1.90. The molecule has 3 aromatic carbocycles. The first kappa shape index (κ1) is 21.7. The number of nitro groups is 1. The van der Waals surface area contributed by atoms with E-state index in [0.29, 0.717) is 11.3 Å². The van der Waals surface area contributed by atoms with Gasteiger partial charge in [0.15, 0.2) is 11.3 Å². The van der Waals surface area contributed by atoms with Crippen LogP contribution in [0.15, 0.2) is 83.7 Å². The molecule has 0 atom stereocenters. The topological polar surface area (TPSA) is 136 Å². The Morgan fingerprint density at radius 1 is 1.00 bits per heavy atom. The Kier molecular flexibility index (Phi) is 5.38. The molecule has 0 aliphatic rings. The Hall–Kier alpha value is -5.12. The van der Waals surface area contributed by atoms with Crippen LogP contribution in [-0.4, -0.2) is 30.7 Å². The van der Waals surface area contributed by atoms with Crippen molar-refractivity contribution in [2.24, 2.45) is 0 Å². The van der Waals surface area contributed by atoms with Crippen molar-refractivity contribution < 1.29 is 9.72 Å². The summed E-state index contributed by atoms with van der Waals surface area (Å²) in [5.41, 5.74) is 4.94. The van der Waals surface area contributed by atoms with E-state index in [2.05, 4.69) is 20.6 Å². The van der Waals surface area contributed by atoms with Crippen LogP contribution in [0.3, 0.4) is 0 Å². The smallest absolute Gasteiger partial charge is 0.270 e. The van der Waals surface area contributed by atoms with Gasteiger partial charge in [-0.2, -0.15) is 9.77 Å². The number of rotatable bonds is 5. The Bertz CT molecular complexity index is 1640. The molecule has 10 nitrogen and oxygen atoms in total. The first-order chi connectivity index (χ1) is 16.9. The number of carbonyl (C=O) groups excluding carboxylic acids is 1. The van der Waals surface area contributed by atoms with Gasteiger partial charge < -0.3 is 0 Å². The summed E-state index contributed by atoms with van der Waals surface area (Å²) in [7, 11) is 0. The highest BCUT2D eigenvalue weighted by molar-refractivity contribution is 6.00. The highest BCUT2D eigenvalue weighted by atomic mass is 16.6. The largest absolute Gasteiger partial charge is 0.298 e. The molecule has 0 saturated carbocycles. The molecular formula is C25H18N6O4. The predicted octanol–water partition coefficient (Wildman–Crippen LogP) is 4.05. The second-order valence-corrected chi connectivity index (χ2v) is 7.85. The first-order valence-corrected chi connectivity index (χ1v) is 10.6. The van der Waals surface area contributed by atoms with Crippen LogP contribution < -0.4 is 11.0 Å². The molecular weight excluding hydrogens is 448 g/mol. The van der Waals surface area contributed by atoms with Crippen molar-refractivity contribution in [1.82, 2.24) is 19.9 Å². The molecule has 2 aromatic heterocycles. The standard InChI is InChI=1S/C25H18N6O4/c1-15-10-12-17(13-11-15)24(32)29-30-23(18-8-5-9-19(14-18)31(34)35)26-21-20(16-6-3-2-4-7-16)27-28-22(21)25(30)33/h2-14H,1H3,(H,27,28)(H,29,32). The van der Waals surface area contributed by atoms with Crippen molar-refractivity contribution >= 4 is 22.6 Å². The quantitative estimate of drug-likeness (QED) is 0.296. The van der Waals surface area contributed by atoms with E-state index in [1.807, 2.05) is 37.3 Å². The van der Waals surface area contributed by atoms with E-state index < -0.39 is 16.4 Å². The second kappa shape index (κ2) is 8.67. The van der Waals surface area contributed by atoms with Crippen LogP contribution in [0.25, 0.3) is 33.7 Å². The summed E-state index contributed by atoms with van der Waals surface area (Å²) in [5.74, 6) is -0.507. The third-order valence-electron chi connectivity index (χ3n) is 5.48. The van der Waals surface area contributed by atoms with Gasteiger partial charge in [-0.3, -0.25) is 30.2 Å². The normalized spacial score (nSPS) is 10.9. The maximum absolute atomic E-state index is 13.5. The average molecular weight is 466 g/mol. The molecule has 2 heterocycles. The number of fused-ring (bicyclic) bond motifs is 1. The van der Waals surface area contributed by atoms with Crippen molar-refractivity contribution in [3.63, 3.8) is 0 Å². The lowest BCUT2D eigenvalue weighted by molar-refractivity contribution is -0.384. The van der Waals surface area contributed by atoms with Gasteiger partial charge in [-0.15, -0.1) is 0 Å². The number of nitrogens with one attached hydrogen (secondary N) is 2. The highest BCUT2D eigenvalue weighted by Crippen LogP contribution is 2.27. The summed E-state index contributed by atoms with van der Waals surface area (Å²) in [6, 6.07) is 21.7. The number of nitro benzene ring substituents is 1. The maximum Gasteiger partial charge on any atom is 0.298 e. The van der Waals surface area contributed by atoms with Crippen molar-refractivity contribution in [3.05, 3.63) is 110 Å². The Morgan fingerprint density at radius 2 is 1.71 bits per heavy atom. The van der Waals surface area contributed by atoms with E-state index >= 15 is 0 Å². The van der Waals surface area contributed by atoms with E-state index in [-0.39, 0.29) is 28.1 Å². The number of amides is 1. The molecule has 172 valence electrons. The summed E-state index contributed by atoms with van der Waals surface area (Å²) >= 11 is 0. The van der Waals surface area contributed by atoms with Crippen molar-refractivity contribution in [2.45, 2.75) is 6.92 Å². The van der Waals surface area contributed by atoms with Gasteiger partial charge in [0.25, 0.3) is 17.2 Å². The number of hydrogen-bond donors (Lipinski definition) is 2. The Balaban J connectivity index is 1.72. The lowest BCUT2D eigenvalue weighted by Crippen LogP contribution is -2.35. The van der Waals surface area contributed by atoms with Gasteiger partial charge in [-0.1, -0.05) is 60.2 Å². The number of aromatic nitrogens is 4. The molecule has 1 amide bonds. The van der Waals surface area contributed by atoms with Crippen molar-refractivity contribution in [2.75, 3.05) is 5.43 Å². The van der Waals surface area contributed by atoms with Gasteiger partial charge >= 0.3 is 0 Å². The Labute approximate surface area is 198 Å². The fourth-order valence-electron chi connectivity index (χ4n) is 3.68. The first-order valence-electron chi connectivity index (χ1n) is 10.6. The van der Waals surface area contributed by atoms with Crippen LogP contribution in [-0.2, 0) is 0 Å². The van der Waals surface area contributed by atoms with E-state index in [0.717, 1.165) is 15.8 Å². The van der Waals surface area contributed by atoms with Gasteiger partial charge in [0.05, 0.1) is 4.92 Å². The van der Waals surface area contributed by atoms with Crippen LogP contribution in [0, 0.1) is 17.0 Å². The van der Waals surface area contributed by atoms with Gasteiger partial charge in [-0.25, -0.2) is 4.98 Å². The molecule has 0 spiro atoms. The van der Waals surface area contributed by atoms with Crippen LogP contribution in [0.4, 0.5) is 5.69 Å². The summed E-state index contributed by atoms with van der Waals surface area (Å²) in [6.07, 6.45) is 0. The van der Waals surface area contributed by atoms with E-state index in [4.69, 9.17) is 0 Å². The fraction of sp³-hybridized carbons (Fsp3) is 0.0400. The minimum Gasteiger partial charge on any atom is -0.270 e. The molecule has 0 radical (unpaired) electrons. The predicted molar refractivity (Wildman–Crippen MR) is 131 cm³/mol. The molecule has 0 unspecified atom stereocenters. The number of carbonyl (C=O) groups is 1. The number of non-ortho nitro benzene ring substituents is 1. The van der Waals surface area contributed by atoms with Crippen LogP contribution in [0.2, 0.25) is 0 Å². The second-order valence-electron chi connectivity index (χ2n) is 7.85. The van der Waals surface area contributed by atoms with E-state index in [1.165, 1.54) is 18.2 Å². The van der Waals surface area contributed by atoms with Crippen LogP contribution >= 0.6 is 0 Å². The van der Waals surface area contributed by atoms with Crippen molar-refractivity contribution in [1.29, 1.82) is 0 Å². The zero-order valence-electron chi connectivity index (χ0n) is 18.4. The molecule has 0 saturated heterocycles. The lowest BCUT2D eigenvalue weighted by atomic mass is 10.1. The molecule has 5 aromatic rings. The van der Waals surface area contributed by atoms with Crippen molar-refractivity contribution in [3.8, 4) is 22.6 Å². The molecule has 0 fully saturated rings. The lowest BCUT2D eigenvalue weighted by Gasteiger charge is -2.14. The number of hydrogen-bond acceptors (Lipinski definition) is 6. The SMILES string of the molecule is Cc1ccc(C(=O)Nn2c(-c3cccc([N+](=O)[O-])c3)nc3c(-c4ccccc4)n[nH]c3c2=O)cc1. The fourth-order valence-corrected chi connectivity index (χ4v) is 3.68. The number of aromatic amines is 1.